The Morgan fingerprint density at radius 3 is 2.42 bits per heavy atom. The quantitative estimate of drug-likeness (QED) is 0.801. The summed E-state index contributed by atoms with van der Waals surface area (Å²) in [6, 6.07) is 8.39. The number of ether oxygens (including phenoxy) is 2. The molecule has 106 valence electrons. The van der Waals surface area contributed by atoms with Crippen molar-refractivity contribution in [2.24, 2.45) is 11.7 Å². The van der Waals surface area contributed by atoms with Crippen LogP contribution in [0.1, 0.15) is 43.7 Å². The van der Waals surface area contributed by atoms with Crippen LogP contribution in [0.4, 0.5) is 0 Å². The molecule has 0 aliphatic heterocycles. The Hall–Kier alpha value is -1.06. The summed E-state index contributed by atoms with van der Waals surface area (Å²) in [6.45, 7) is 1.20. The lowest BCUT2D eigenvalue weighted by Gasteiger charge is -2.27. The Morgan fingerprint density at radius 2 is 1.79 bits per heavy atom. The van der Waals surface area contributed by atoms with Gasteiger partial charge in [-0.2, -0.15) is 0 Å². The van der Waals surface area contributed by atoms with Crippen molar-refractivity contribution in [1.82, 2.24) is 0 Å². The molecule has 2 rings (SSSR count). The van der Waals surface area contributed by atoms with Gasteiger partial charge in [-0.25, -0.2) is 0 Å². The molecule has 0 aromatic heterocycles. The van der Waals surface area contributed by atoms with Gasteiger partial charge in [0.15, 0.2) is 0 Å². The van der Waals surface area contributed by atoms with E-state index < -0.39 is 0 Å². The van der Waals surface area contributed by atoms with E-state index in [-0.39, 0.29) is 6.04 Å². The van der Waals surface area contributed by atoms with E-state index in [0.717, 1.165) is 5.75 Å². The van der Waals surface area contributed by atoms with Crippen LogP contribution in [0.2, 0.25) is 0 Å². The molecule has 0 amide bonds. The fourth-order valence-corrected chi connectivity index (χ4v) is 2.79. The van der Waals surface area contributed by atoms with Crippen molar-refractivity contribution >= 4 is 0 Å². The zero-order valence-electron chi connectivity index (χ0n) is 11.8. The smallest absolute Gasteiger partial charge is 0.119 e. The van der Waals surface area contributed by atoms with Crippen molar-refractivity contribution in [3.63, 3.8) is 0 Å². The van der Waals surface area contributed by atoms with Crippen LogP contribution in [0.3, 0.4) is 0 Å². The third-order valence-corrected chi connectivity index (χ3v) is 3.98. The molecule has 0 bridgehead atoms. The minimum absolute atomic E-state index is 0.174. The maximum atomic E-state index is 6.38. The van der Waals surface area contributed by atoms with E-state index in [1.54, 1.807) is 7.11 Å². The lowest BCUT2D eigenvalue weighted by atomic mass is 9.81. The SMILES string of the molecule is COCCOc1ccc(C(N)C2CCCCC2)cc1. The van der Waals surface area contributed by atoms with Crippen LogP contribution in [-0.4, -0.2) is 20.3 Å². The lowest BCUT2D eigenvalue weighted by molar-refractivity contribution is 0.146. The molecule has 3 heteroatoms. The summed E-state index contributed by atoms with van der Waals surface area (Å²) in [6.07, 6.45) is 6.57. The Morgan fingerprint density at radius 1 is 1.11 bits per heavy atom. The van der Waals surface area contributed by atoms with E-state index in [4.69, 9.17) is 15.2 Å². The molecular formula is C16H25NO2. The molecular weight excluding hydrogens is 238 g/mol. The summed E-state index contributed by atoms with van der Waals surface area (Å²) in [5, 5.41) is 0. The highest BCUT2D eigenvalue weighted by atomic mass is 16.5. The minimum atomic E-state index is 0.174. The monoisotopic (exact) mass is 263 g/mol. The van der Waals surface area contributed by atoms with Crippen molar-refractivity contribution in [3.8, 4) is 5.75 Å². The Balaban J connectivity index is 1.89. The molecule has 0 spiro atoms. The van der Waals surface area contributed by atoms with E-state index in [1.807, 2.05) is 12.1 Å². The average molecular weight is 263 g/mol. The Bertz CT molecular complexity index is 358. The van der Waals surface area contributed by atoms with E-state index >= 15 is 0 Å². The van der Waals surface area contributed by atoms with Gasteiger partial charge in [0.1, 0.15) is 12.4 Å². The number of methoxy groups -OCH3 is 1. The van der Waals surface area contributed by atoms with E-state index in [9.17, 15) is 0 Å². The lowest BCUT2D eigenvalue weighted by Crippen LogP contribution is -2.23. The fraction of sp³-hybridized carbons (Fsp3) is 0.625. The molecule has 1 saturated carbocycles. The van der Waals surface area contributed by atoms with Gasteiger partial charge in [-0.05, 0) is 36.5 Å². The average Bonchev–Trinajstić information content (AvgIpc) is 2.48. The molecule has 2 N–H and O–H groups in total. The maximum Gasteiger partial charge on any atom is 0.119 e. The molecule has 1 unspecified atom stereocenters. The fourth-order valence-electron chi connectivity index (χ4n) is 2.79. The van der Waals surface area contributed by atoms with Gasteiger partial charge in [-0.1, -0.05) is 31.4 Å². The highest BCUT2D eigenvalue weighted by Crippen LogP contribution is 2.33. The number of hydrogen-bond donors (Lipinski definition) is 1. The Labute approximate surface area is 116 Å². The number of benzene rings is 1. The van der Waals surface area contributed by atoms with Crippen molar-refractivity contribution in [1.29, 1.82) is 0 Å². The first-order valence-electron chi connectivity index (χ1n) is 7.28. The topological polar surface area (TPSA) is 44.5 Å². The summed E-state index contributed by atoms with van der Waals surface area (Å²) in [5.41, 5.74) is 7.61. The van der Waals surface area contributed by atoms with Crippen LogP contribution in [0, 0.1) is 5.92 Å². The predicted octanol–water partition coefficient (Wildman–Crippen LogP) is 3.29. The predicted molar refractivity (Wildman–Crippen MR) is 77.3 cm³/mol. The minimum Gasteiger partial charge on any atom is -0.491 e. The summed E-state index contributed by atoms with van der Waals surface area (Å²) in [4.78, 5) is 0. The van der Waals surface area contributed by atoms with Crippen LogP contribution in [0.5, 0.6) is 5.75 Å². The van der Waals surface area contributed by atoms with Gasteiger partial charge < -0.3 is 15.2 Å². The molecule has 1 aromatic carbocycles. The molecule has 19 heavy (non-hydrogen) atoms. The standard InChI is InChI=1S/C16H25NO2/c1-18-11-12-19-15-9-7-14(8-10-15)16(17)13-5-3-2-4-6-13/h7-10,13,16H,2-6,11-12,17H2,1H3. The molecule has 3 nitrogen and oxygen atoms in total. The number of nitrogens with two attached hydrogens (primary N) is 1. The molecule has 1 fully saturated rings. The zero-order valence-corrected chi connectivity index (χ0v) is 11.8. The largest absolute Gasteiger partial charge is 0.491 e. The third-order valence-electron chi connectivity index (χ3n) is 3.98. The van der Waals surface area contributed by atoms with Crippen LogP contribution < -0.4 is 10.5 Å². The van der Waals surface area contributed by atoms with Gasteiger partial charge in [0.25, 0.3) is 0 Å². The summed E-state index contributed by atoms with van der Waals surface area (Å²) < 4.78 is 10.5. The first kappa shape index (κ1) is 14.4. The Kier molecular flexibility index (Phi) is 5.67. The normalized spacial score (nSPS) is 18.2. The molecule has 0 heterocycles. The second-order valence-corrected chi connectivity index (χ2v) is 5.33. The maximum absolute atomic E-state index is 6.38. The molecule has 0 radical (unpaired) electrons. The highest BCUT2D eigenvalue weighted by Gasteiger charge is 2.21. The van der Waals surface area contributed by atoms with Crippen molar-refractivity contribution in [2.45, 2.75) is 38.1 Å². The first-order chi connectivity index (χ1) is 9.31. The van der Waals surface area contributed by atoms with E-state index in [0.29, 0.717) is 19.1 Å². The van der Waals surface area contributed by atoms with E-state index in [1.165, 1.54) is 37.7 Å². The number of hydrogen-bond acceptors (Lipinski definition) is 3. The number of rotatable bonds is 6. The molecule has 1 aliphatic rings. The van der Waals surface area contributed by atoms with Gasteiger partial charge in [0.05, 0.1) is 6.61 Å². The van der Waals surface area contributed by atoms with Gasteiger partial charge in [0, 0.05) is 13.2 Å². The summed E-state index contributed by atoms with van der Waals surface area (Å²) >= 11 is 0. The second kappa shape index (κ2) is 7.51. The van der Waals surface area contributed by atoms with Crippen molar-refractivity contribution < 1.29 is 9.47 Å². The first-order valence-corrected chi connectivity index (χ1v) is 7.28. The molecule has 0 saturated heterocycles. The van der Waals surface area contributed by atoms with E-state index in [2.05, 4.69) is 12.1 Å². The van der Waals surface area contributed by atoms with Gasteiger partial charge >= 0.3 is 0 Å². The van der Waals surface area contributed by atoms with Crippen LogP contribution >= 0.6 is 0 Å². The second-order valence-electron chi connectivity index (χ2n) is 5.33. The third kappa shape index (κ3) is 4.22. The van der Waals surface area contributed by atoms with Crippen LogP contribution in [-0.2, 0) is 4.74 Å². The zero-order chi connectivity index (χ0) is 13.5. The van der Waals surface area contributed by atoms with Crippen molar-refractivity contribution in [2.75, 3.05) is 20.3 Å². The van der Waals surface area contributed by atoms with Crippen LogP contribution in [0.25, 0.3) is 0 Å². The van der Waals surface area contributed by atoms with Gasteiger partial charge in [0.2, 0.25) is 0 Å². The van der Waals surface area contributed by atoms with Gasteiger partial charge in [-0.3, -0.25) is 0 Å². The molecule has 1 aromatic rings. The van der Waals surface area contributed by atoms with Crippen LogP contribution in [0.15, 0.2) is 24.3 Å². The summed E-state index contributed by atoms with van der Waals surface area (Å²) in [5.74, 6) is 1.53. The highest BCUT2D eigenvalue weighted by molar-refractivity contribution is 5.29. The summed E-state index contributed by atoms with van der Waals surface area (Å²) in [7, 11) is 1.68. The molecule has 1 atom stereocenters. The van der Waals surface area contributed by atoms with Gasteiger partial charge in [-0.15, -0.1) is 0 Å². The molecule has 1 aliphatic carbocycles. The van der Waals surface area contributed by atoms with Crippen molar-refractivity contribution in [3.05, 3.63) is 29.8 Å².